The molecule has 1 heterocycles. The van der Waals surface area contributed by atoms with Crippen molar-refractivity contribution in [2.45, 2.75) is 53.1 Å². The van der Waals surface area contributed by atoms with Gasteiger partial charge < -0.3 is 14.8 Å². The molecule has 2 amide bonds. The number of nitrogens with zero attached hydrogens (tertiary/aromatic N) is 2. The smallest absolute Gasteiger partial charge is 0.322 e. The number of hydrogen-bond acceptors (Lipinski definition) is 1. The summed E-state index contributed by atoms with van der Waals surface area (Å²) in [6.45, 7) is 8.48. The lowest BCUT2D eigenvalue weighted by Gasteiger charge is -2.24. The SMILES string of the molecule is CCCCCN(Cc1cccn1Cc1cccc(C)c1)C(=O)Nc1ccccc1C. The van der Waals surface area contributed by atoms with Gasteiger partial charge >= 0.3 is 6.03 Å². The number of amides is 2. The van der Waals surface area contributed by atoms with Crippen LogP contribution in [0.15, 0.2) is 66.9 Å². The van der Waals surface area contributed by atoms with Crippen LogP contribution in [0.5, 0.6) is 0 Å². The molecule has 0 aliphatic carbocycles. The van der Waals surface area contributed by atoms with E-state index < -0.39 is 0 Å². The van der Waals surface area contributed by atoms with Crippen LogP contribution in [0, 0.1) is 13.8 Å². The number of anilines is 1. The predicted molar refractivity (Wildman–Crippen MR) is 125 cm³/mol. The molecule has 0 aliphatic heterocycles. The van der Waals surface area contributed by atoms with Gasteiger partial charge in [0.05, 0.1) is 6.54 Å². The van der Waals surface area contributed by atoms with Crippen molar-refractivity contribution in [1.82, 2.24) is 9.47 Å². The molecule has 1 N–H and O–H groups in total. The van der Waals surface area contributed by atoms with Crippen molar-refractivity contribution in [2.75, 3.05) is 11.9 Å². The van der Waals surface area contributed by atoms with Crippen LogP contribution in [0.25, 0.3) is 0 Å². The third kappa shape index (κ3) is 5.99. The van der Waals surface area contributed by atoms with E-state index in [4.69, 9.17) is 0 Å². The summed E-state index contributed by atoms with van der Waals surface area (Å²) in [6.07, 6.45) is 5.37. The fourth-order valence-corrected chi connectivity index (χ4v) is 3.66. The quantitative estimate of drug-likeness (QED) is 0.414. The fraction of sp³-hybridized carbons (Fsp3) is 0.346. The molecule has 0 saturated heterocycles. The maximum absolute atomic E-state index is 13.1. The van der Waals surface area contributed by atoms with E-state index in [0.717, 1.165) is 49.3 Å². The Morgan fingerprint density at radius 3 is 2.60 bits per heavy atom. The molecule has 0 unspecified atom stereocenters. The van der Waals surface area contributed by atoms with Crippen molar-refractivity contribution in [3.63, 3.8) is 0 Å². The fourth-order valence-electron chi connectivity index (χ4n) is 3.66. The van der Waals surface area contributed by atoms with Gasteiger partial charge in [0.2, 0.25) is 0 Å². The maximum Gasteiger partial charge on any atom is 0.322 e. The third-order valence-electron chi connectivity index (χ3n) is 5.42. The molecule has 0 aliphatic rings. The maximum atomic E-state index is 13.1. The summed E-state index contributed by atoms with van der Waals surface area (Å²) in [4.78, 5) is 15.0. The Hall–Kier alpha value is -3.01. The molecule has 0 fully saturated rings. The van der Waals surface area contributed by atoms with Crippen LogP contribution < -0.4 is 5.32 Å². The van der Waals surface area contributed by atoms with Gasteiger partial charge in [0.25, 0.3) is 0 Å². The highest BCUT2D eigenvalue weighted by Crippen LogP contribution is 2.17. The van der Waals surface area contributed by atoms with Gasteiger partial charge in [0, 0.05) is 30.7 Å². The largest absolute Gasteiger partial charge is 0.345 e. The van der Waals surface area contributed by atoms with E-state index in [1.54, 1.807) is 0 Å². The number of aromatic nitrogens is 1. The van der Waals surface area contributed by atoms with Gasteiger partial charge in [-0.1, -0.05) is 67.8 Å². The molecule has 158 valence electrons. The second-order valence-electron chi connectivity index (χ2n) is 7.99. The Bertz CT molecular complexity index is 960. The molecule has 2 aromatic carbocycles. The van der Waals surface area contributed by atoms with E-state index in [1.807, 2.05) is 36.1 Å². The van der Waals surface area contributed by atoms with Crippen molar-refractivity contribution < 1.29 is 4.79 Å². The first-order valence-corrected chi connectivity index (χ1v) is 10.9. The number of nitrogens with one attached hydrogen (secondary N) is 1. The van der Waals surface area contributed by atoms with Gasteiger partial charge in [-0.05, 0) is 49.6 Å². The molecule has 0 spiro atoms. The van der Waals surface area contributed by atoms with Crippen LogP contribution in [0.3, 0.4) is 0 Å². The number of urea groups is 1. The van der Waals surface area contributed by atoms with Crippen LogP contribution in [-0.2, 0) is 13.1 Å². The number of para-hydroxylation sites is 1. The predicted octanol–water partition coefficient (Wildman–Crippen LogP) is 6.38. The molecule has 4 nitrogen and oxygen atoms in total. The first-order valence-electron chi connectivity index (χ1n) is 10.9. The van der Waals surface area contributed by atoms with Crippen molar-refractivity contribution in [2.24, 2.45) is 0 Å². The topological polar surface area (TPSA) is 37.3 Å². The number of hydrogen-bond donors (Lipinski definition) is 1. The molecule has 3 rings (SSSR count). The van der Waals surface area contributed by atoms with E-state index in [2.05, 4.69) is 66.3 Å². The molecule has 0 saturated carbocycles. The second-order valence-corrected chi connectivity index (χ2v) is 7.99. The lowest BCUT2D eigenvalue weighted by molar-refractivity contribution is 0.206. The summed E-state index contributed by atoms with van der Waals surface area (Å²) in [5, 5.41) is 3.10. The third-order valence-corrected chi connectivity index (χ3v) is 5.42. The molecular formula is C26H33N3O. The molecule has 0 atom stereocenters. The Labute approximate surface area is 180 Å². The Morgan fingerprint density at radius 2 is 1.83 bits per heavy atom. The molecular weight excluding hydrogens is 370 g/mol. The molecule has 4 heteroatoms. The van der Waals surface area contributed by atoms with Crippen LogP contribution in [-0.4, -0.2) is 22.0 Å². The summed E-state index contributed by atoms with van der Waals surface area (Å²) in [6, 6.07) is 20.6. The zero-order valence-electron chi connectivity index (χ0n) is 18.4. The summed E-state index contributed by atoms with van der Waals surface area (Å²) in [7, 11) is 0. The van der Waals surface area contributed by atoms with Gasteiger partial charge in [0.15, 0.2) is 0 Å². The average molecular weight is 404 g/mol. The second kappa shape index (κ2) is 10.7. The van der Waals surface area contributed by atoms with Crippen LogP contribution in [0.4, 0.5) is 10.5 Å². The molecule has 0 radical (unpaired) electrons. The number of rotatable bonds is 9. The summed E-state index contributed by atoms with van der Waals surface area (Å²) < 4.78 is 2.24. The first-order chi connectivity index (χ1) is 14.6. The highest BCUT2D eigenvalue weighted by atomic mass is 16.2. The van der Waals surface area contributed by atoms with E-state index in [0.29, 0.717) is 6.54 Å². The Kier molecular flexibility index (Phi) is 7.72. The van der Waals surface area contributed by atoms with Crippen molar-refractivity contribution in [1.29, 1.82) is 0 Å². The van der Waals surface area contributed by atoms with E-state index >= 15 is 0 Å². The zero-order chi connectivity index (χ0) is 21.3. The van der Waals surface area contributed by atoms with Crippen LogP contribution >= 0.6 is 0 Å². The van der Waals surface area contributed by atoms with Gasteiger partial charge in [-0.25, -0.2) is 4.79 Å². The summed E-state index contributed by atoms with van der Waals surface area (Å²) >= 11 is 0. The lowest BCUT2D eigenvalue weighted by Crippen LogP contribution is -2.36. The first kappa shape index (κ1) is 21.7. The van der Waals surface area contributed by atoms with E-state index in [1.165, 1.54) is 11.1 Å². The van der Waals surface area contributed by atoms with Crippen LogP contribution in [0.2, 0.25) is 0 Å². The normalized spacial score (nSPS) is 10.8. The van der Waals surface area contributed by atoms with Crippen molar-refractivity contribution >= 4 is 11.7 Å². The standard InChI is InChI=1S/C26H33N3O/c1-4-5-8-16-29(26(30)27-25-15-7-6-12-22(25)3)20-24-14-10-17-28(24)19-23-13-9-11-21(2)18-23/h6-7,9-15,17-18H,4-5,8,16,19-20H2,1-3H3,(H,27,30). The minimum Gasteiger partial charge on any atom is -0.345 e. The Balaban J connectivity index is 1.74. The minimum absolute atomic E-state index is 0.0382. The highest BCUT2D eigenvalue weighted by molar-refractivity contribution is 5.90. The number of carbonyl (C=O) groups excluding carboxylic acids is 1. The minimum atomic E-state index is -0.0382. The summed E-state index contributed by atoms with van der Waals surface area (Å²) in [5.41, 5.74) is 5.63. The van der Waals surface area contributed by atoms with Gasteiger partial charge in [-0.3, -0.25) is 0 Å². The Morgan fingerprint density at radius 1 is 1.00 bits per heavy atom. The highest BCUT2D eigenvalue weighted by Gasteiger charge is 2.16. The van der Waals surface area contributed by atoms with Gasteiger partial charge in [-0.15, -0.1) is 0 Å². The van der Waals surface area contributed by atoms with Gasteiger partial charge in [0.1, 0.15) is 0 Å². The number of aryl methyl sites for hydroxylation is 2. The molecule has 1 aromatic heterocycles. The molecule has 0 bridgehead atoms. The average Bonchev–Trinajstić information content (AvgIpc) is 3.15. The number of carbonyl (C=O) groups is 1. The van der Waals surface area contributed by atoms with Crippen LogP contribution in [0.1, 0.15) is 48.6 Å². The zero-order valence-corrected chi connectivity index (χ0v) is 18.4. The molecule has 30 heavy (non-hydrogen) atoms. The number of unbranched alkanes of at least 4 members (excludes halogenated alkanes) is 2. The molecule has 3 aromatic rings. The van der Waals surface area contributed by atoms with E-state index in [9.17, 15) is 4.79 Å². The van der Waals surface area contributed by atoms with Crippen molar-refractivity contribution in [3.8, 4) is 0 Å². The van der Waals surface area contributed by atoms with Crippen molar-refractivity contribution in [3.05, 3.63) is 89.2 Å². The number of benzene rings is 2. The summed E-state index contributed by atoms with van der Waals surface area (Å²) in [5.74, 6) is 0. The van der Waals surface area contributed by atoms with E-state index in [-0.39, 0.29) is 6.03 Å². The monoisotopic (exact) mass is 403 g/mol. The lowest BCUT2D eigenvalue weighted by atomic mass is 10.1. The van der Waals surface area contributed by atoms with Gasteiger partial charge in [-0.2, -0.15) is 0 Å².